The molecule has 1 aromatic heterocycles. The lowest BCUT2D eigenvalue weighted by atomic mass is 10.1. The van der Waals surface area contributed by atoms with Gasteiger partial charge in [-0.1, -0.05) is 18.2 Å². The maximum atomic E-state index is 12.8. The van der Waals surface area contributed by atoms with Gasteiger partial charge in [0.05, 0.1) is 30.9 Å². The molecule has 0 saturated carbocycles. The smallest absolute Gasteiger partial charge is 0.340 e. The third kappa shape index (κ3) is 4.20. The monoisotopic (exact) mass is 408 g/mol. The molecule has 1 fully saturated rings. The molecule has 3 aromatic rings. The molecule has 2 aromatic carbocycles. The van der Waals surface area contributed by atoms with E-state index in [0.717, 1.165) is 60.9 Å². The summed E-state index contributed by atoms with van der Waals surface area (Å²) in [4.78, 5) is 15.1. The molecule has 0 aliphatic carbocycles. The third-order valence-electron chi connectivity index (χ3n) is 5.45. The minimum absolute atomic E-state index is 0.305. The maximum absolute atomic E-state index is 12.8. The van der Waals surface area contributed by atoms with E-state index in [0.29, 0.717) is 18.8 Å². The summed E-state index contributed by atoms with van der Waals surface area (Å²) in [6, 6.07) is 16.0. The van der Waals surface area contributed by atoms with Gasteiger partial charge in [0.1, 0.15) is 12.4 Å². The maximum Gasteiger partial charge on any atom is 0.340 e. The number of ether oxygens (including phenoxy) is 3. The van der Waals surface area contributed by atoms with Crippen LogP contribution in [0.25, 0.3) is 16.6 Å². The second-order valence-corrected chi connectivity index (χ2v) is 7.33. The Morgan fingerprint density at radius 1 is 1.10 bits per heavy atom. The predicted molar refractivity (Wildman–Crippen MR) is 117 cm³/mol. The summed E-state index contributed by atoms with van der Waals surface area (Å²) in [5, 5.41) is 0.846. The van der Waals surface area contributed by atoms with E-state index in [4.69, 9.17) is 14.2 Å². The fourth-order valence-corrected chi connectivity index (χ4v) is 3.98. The molecule has 2 heterocycles. The summed E-state index contributed by atoms with van der Waals surface area (Å²) in [5.74, 6) is 0.451. The van der Waals surface area contributed by atoms with Gasteiger partial charge >= 0.3 is 5.97 Å². The highest BCUT2D eigenvalue weighted by molar-refractivity contribution is 6.07. The Hall–Kier alpha value is -2.83. The second kappa shape index (κ2) is 9.32. The van der Waals surface area contributed by atoms with Crippen LogP contribution in [0.15, 0.2) is 48.5 Å². The van der Waals surface area contributed by atoms with Gasteiger partial charge in [0.2, 0.25) is 0 Å². The van der Waals surface area contributed by atoms with Gasteiger partial charge in [-0.15, -0.1) is 0 Å². The van der Waals surface area contributed by atoms with E-state index in [-0.39, 0.29) is 5.97 Å². The normalized spacial score (nSPS) is 14.7. The summed E-state index contributed by atoms with van der Waals surface area (Å²) < 4.78 is 18.9. The number of hydrogen-bond donors (Lipinski definition) is 0. The number of rotatable bonds is 7. The topological polar surface area (TPSA) is 52.9 Å². The zero-order chi connectivity index (χ0) is 20.9. The lowest BCUT2D eigenvalue weighted by Crippen LogP contribution is -2.38. The molecule has 0 radical (unpaired) electrons. The first-order chi connectivity index (χ1) is 14.7. The Kier molecular flexibility index (Phi) is 6.35. The summed E-state index contributed by atoms with van der Waals surface area (Å²) in [7, 11) is 0. The van der Waals surface area contributed by atoms with Gasteiger partial charge < -0.3 is 18.8 Å². The van der Waals surface area contributed by atoms with Crippen molar-refractivity contribution in [2.75, 3.05) is 46.1 Å². The number of benzene rings is 2. The average Bonchev–Trinajstić information content (AvgIpc) is 3.06. The van der Waals surface area contributed by atoms with Crippen molar-refractivity contribution in [3.8, 4) is 11.4 Å². The van der Waals surface area contributed by atoms with Crippen LogP contribution in [0.1, 0.15) is 23.0 Å². The molecule has 0 bridgehead atoms. The van der Waals surface area contributed by atoms with Crippen LogP contribution >= 0.6 is 0 Å². The Labute approximate surface area is 176 Å². The van der Waals surface area contributed by atoms with Gasteiger partial charge in [-0.25, -0.2) is 4.79 Å². The summed E-state index contributed by atoms with van der Waals surface area (Å²) in [6.45, 7) is 9.01. The molecule has 0 amide bonds. The lowest BCUT2D eigenvalue weighted by Gasteiger charge is -2.26. The minimum atomic E-state index is -0.305. The zero-order valence-electron chi connectivity index (χ0n) is 17.6. The molecule has 0 atom stereocenters. The van der Waals surface area contributed by atoms with Gasteiger partial charge in [-0.2, -0.15) is 0 Å². The number of carbonyl (C=O) groups excluding carboxylic acids is 1. The van der Waals surface area contributed by atoms with Crippen LogP contribution in [0.5, 0.6) is 5.75 Å². The Morgan fingerprint density at radius 2 is 1.87 bits per heavy atom. The number of morpholine rings is 1. The van der Waals surface area contributed by atoms with Crippen LogP contribution in [0.3, 0.4) is 0 Å². The van der Waals surface area contributed by atoms with Crippen LogP contribution in [0.2, 0.25) is 0 Å². The van der Waals surface area contributed by atoms with Crippen molar-refractivity contribution in [3.63, 3.8) is 0 Å². The molecule has 1 aliphatic rings. The summed E-state index contributed by atoms with van der Waals surface area (Å²) in [6.07, 6.45) is 0. The van der Waals surface area contributed by atoms with Crippen molar-refractivity contribution in [2.24, 2.45) is 0 Å². The van der Waals surface area contributed by atoms with E-state index in [1.807, 2.05) is 62.4 Å². The highest BCUT2D eigenvalue weighted by Gasteiger charge is 2.22. The number of fused-ring (bicyclic) bond motifs is 1. The minimum Gasteiger partial charge on any atom is -0.492 e. The Morgan fingerprint density at radius 3 is 2.60 bits per heavy atom. The van der Waals surface area contributed by atoms with Crippen LogP contribution in [0.4, 0.5) is 0 Å². The van der Waals surface area contributed by atoms with E-state index in [1.54, 1.807) is 0 Å². The summed E-state index contributed by atoms with van der Waals surface area (Å²) >= 11 is 0. The molecule has 0 N–H and O–H groups in total. The van der Waals surface area contributed by atoms with Crippen molar-refractivity contribution < 1.29 is 19.0 Å². The molecular formula is C24H28N2O4. The van der Waals surface area contributed by atoms with Crippen LogP contribution in [-0.4, -0.2) is 61.5 Å². The van der Waals surface area contributed by atoms with Crippen molar-refractivity contribution in [3.05, 3.63) is 59.8 Å². The first-order valence-corrected chi connectivity index (χ1v) is 10.5. The average molecular weight is 408 g/mol. The first kappa shape index (κ1) is 20.4. The number of esters is 1. The SMILES string of the molecule is CCOC(=O)c1c(C)n(-c2ccccc2)c2ccc(OCCN3CCOCC3)cc12. The van der Waals surface area contributed by atoms with E-state index in [1.165, 1.54) is 0 Å². The largest absolute Gasteiger partial charge is 0.492 e. The predicted octanol–water partition coefficient (Wildman–Crippen LogP) is 3.83. The number of carbonyl (C=O) groups is 1. The Balaban J connectivity index is 1.65. The van der Waals surface area contributed by atoms with Crippen LogP contribution < -0.4 is 4.74 Å². The van der Waals surface area contributed by atoms with E-state index in [9.17, 15) is 4.79 Å². The van der Waals surface area contributed by atoms with Crippen LogP contribution in [0, 0.1) is 6.92 Å². The highest BCUT2D eigenvalue weighted by Crippen LogP contribution is 2.32. The molecule has 0 unspecified atom stereocenters. The van der Waals surface area contributed by atoms with Crippen molar-refractivity contribution in [1.29, 1.82) is 0 Å². The van der Waals surface area contributed by atoms with Gasteiger partial charge in [-0.05, 0) is 44.2 Å². The lowest BCUT2D eigenvalue weighted by molar-refractivity contribution is 0.0322. The first-order valence-electron chi connectivity index (χ1n) is 10.5. The molecule has 6 nitrogen and oxygen atoms in total. The summed E-state index contributed by atoms with van der Waals surface area (Å²) in [5.41, 5.74) is 3.42. The molecule has 0 spiro atoms. The van der Waals surface area contributed by atoms with Gasteiger partial charge in [-0.3, -0.25) is 4.90 Å². The van der Waals surface area contributed by atoms with Crippen molar-refractivity contribution >= 4 is 16.9 Å². The van der Waals surface area contributed by atoms with E-state index in [2.05, 4.69) is 9.47 Å². The van der Waals surface area contributed by atoms with Gasteiger partial charge in [0.25, 0.3) is 0 Å². The number of hydrogen-bond acceptors (Lipinski definition) is 5. The van der Waals surface area contributed by atoms with E-state index < -0.39 is 0 Å². The van der Waals surface area contributed by atoms with Gasteiger partial charge in [0.15, 0.2) is 0 Å². The van der Waals surface area contributed by atoms with Crippen LogP contribution in [-0.2, 0) is 9.47 Å². The zero-order valence-corrected chi connectivity index (χ0v) is 17.6. The third-order valence-corrected chi connectivity index (χ3v) is 5.45. The molecule has 1 saturated heterocycles. The van der Waals surface area contributed by atoms with Crippen molar-refractivity contribution in [2.45, 2.75) is 13.8 Å². The van der Waals surface area contributed by atoms with E-state index >= 15 is 0 Å². The molecular weight excluding hydrogens is 380 g/mol. The number of nitrogens with zero attached hydrogens (tertiary/aromatic N) is 2. The Bertz CT molecular complexity index is 1010. The highest BCUT2D eigenvalue weighted by atomic mass is 16.5. The van der Waals surface area contributed by atoms with Gasteiger partial charge in [0, 0.05) is 36.4 Å². The molecule has 30 heavy (non-hydrogen) atoms. The fourth-order valence-electron chi connectivity index (χ4n) is 3.98. The molecule has 6 heteroatoms. The number of aromatic nitrogens is 1. The van der Waals surface area contributed by atoms with Crippen molar-refractivity contribution in [1.82, 2.24) is 9.47 Å². The second-order valence-electron chi connectivity index (χ2n) is 7.33. The fraction of sp³-hybridized carbons (Fsp3) is 0.375. The molecule has 158 valence electrons. The standard InChI is InChI=1S/C24H28N2O4/c1-3-29-24(27)23-18(2)26(19-7-5-4-6-8-19)22-10-9-20(17-21(22)23)30-16-13-25-11-14-28-15-12-25/h4-10,17H,3,11-16H2,1-2H3. The number of para-hydroxylation sites is 1. The molecule has 4 rings (SSSR count). The molecule has 1 aliphatic heterocycles. The quantitative estimate of drug-likeness (QED) is 0.556.